The Morgan fingerprint density at radius 3 is 2.59 bits per heavy atom. The van der Waals surface area contributed by atoms with Gasteiger partial charge in [-0.15, -0.1) is 11.3 Å². The monoisotopic (exact) mass is 413 g/mol. The topological polar surface area (TPSA) is 87.7 Å². The number of anilines is 1. The van der Waals surface area contributed by atoms with Crippen molar-refractivity contribution in [1.29, 1.82) is 0 Å². The van der Waals surface area contributed by atoms with Crippen LogP contribution in [0.15, 0.2) is 51.7 Å². The molecular weight excluding hydrogens is 390 g/mol. The predicted octanol–water partition coefficient (Wildman–Crippen LogP) is 4.06. The number of amides is 2. The highest BCUT2D eigenvalue weighted by Gasteiger charge is 2.26. The van der Waals surface area contributed by atoms with Crippen LogP contribution in [0.1, 0.15) is 50.4 Å². The molecule has 0 aliphatic carbocycles. The maximum Gasteiger partial charge on any atom is 0.291 e. The molecule has 29 heavy (non-hydrogen) atoms. The summed E-state index contributed by atoms with van der Waals surface area (Å²) >= 11 is 1.25. The second-order valence-electron chi connectivity index (χ2n) is 7.04. The summed E-state index contributed by atoms with van der Waals surface area (Å²) in [5.74, 6) is 0.604. The number of hydrogen-bond donors (Lipinski definition) is 2. The molecule has 1 fully saturated rings. The number of likely N-dealkylation sites (tertiary alicyclic amines) is 1. The molecule has 0 radical (unpaired) electrons. The number of aryl methyl sites for hydroxylation is 1. The Hall–Kier alpha value is -2.84. The van der Waals surface area contributed by atoms with E-state index in [2.05, 4.69) is 15.5 Å². The van der Waals surface area contributed by atoms with Crippen molar-refractivity contribution in [3.8, 4) is 0 Å². The van der Waals surface area contributed by atoms with E-state index in [4.69, 9.17) is 8.83 Å². The van der Waals surface area contributed by atoms with Gasteiger partial charge in [0.05, 0.1) is 28.4 Å². The van der Waals surface area contributed by atoms with Crippen LogP contribution in [-0.4, -0.2) is 36.3 Å². The number of carbonyl (C=O) groups excluding carboxylic acids is 2. The van der Waals surface area contributed by atoms with Crippen molar-refractivity contribution in [2.24, 2.45) is 0 Å². The molecule has 4 heterocycles. The van der Waals surface area contributed by atoms with Gasteiger partial charge in [0.15, 0.2) is 5.76 Å². The van der Waals surface area contributed by atoms with Gasteiger partial charge in [0, 0.05) is 6.54 Å². The number of thiophene rings is 1. The molecule has 4 rings (SSSR count). The van der Waals surface area contributed by atoms with E-state index in [9.17, 15) is 9.59 Å². The third-order valence-corrected chi connectivity index (χ3v) is 6.17. The molecule has 2 amide bonds. The lowest BCUT2D eigenvalue weighted by molar-refractivity contribution is 0.0936. The molecule has 0 saturated carbocycles. The zero-order chi connectivity index (χ0) is 20.2. The standard InChI is InChI=1S/C21H23N3O4S/c1-14-12-18(23-20(25)17-7-5-11-28-17)29-19(14)21(26)22-13-15(16-6-4-10-27-16)24-8-2-3-9-24/h4-7,10-12,15H,2-3,8-9,13H2,1H3,(H,22,26)(H,23,25). The van der Waals surface area contributed by atoms with Crippen LogP contribution in [-0.2, 0) is 0 Å². The summed E-state index contributed by atoms with van der Waals surface area (Å²) in [7, 11) is 0. The predicted molar refractivity (Wildman–Crippen MR) is 110 cm³/mol. The van der Waals surface area contributed by atoms with E-state index in [1.807, 2.05) is 19.1 Å². The second kappa shape index (κ2) is 8.67. The summed E-state index contributed by atoms with van der Waals surface area (Å²) in [6.45, 7) is 4.33. The summed E-state index contributed by atoms with van der Waals surface area (Å²) in [4.78, 5) is 27.9. The van der Waals surface area contributed by atoms with Gasteiger partial charge in [0.25, 0.3) is 11.8 Å². The highest BCUT2D eigenvalue weighted by molar-refractivity contribution is 7.18. The number of carbonyl (C=O) groups is 2. The number of hydrogen-bond acceptors (Lipinski definition) is 6. The molecule has 3 aromatic heterocycles. The normalized spacial score (nSPS) is 15.3. The van der Waals surface area contributed by atoms with Crippen LogP contribution in [0.4, 0.5) is 5.00 Å². The molecule has 1 aliphatic rings. The Bertz CT molecular complexity index is 956. The van der Waals surface area contributed by atoms with Crippen molar-refractivity contribution in [3.63, 3.8) is 0 Å². The second-order valence-corrected chi connectivity index (χ2v) is 8.09. The van der Waals surface area contributed by atoms with Gasteiger partial charge in [-0.3, -0.25) is 14.5 Å². The Labute approximate surface area is 172 Å². The van der Waals surface area contributed by atoms with E-state index < -0.39 is 0 Å². The maximum absolute atomic E-state index is 12.8. The number of nitrogens with one attached hydrogen (secondary N) is 2. The third kappa shape index (κ3) is 4.44. The Balaban J connectivity index is 1.41. The van der Waals surface area contributed by atoms with E-state index in [0.717, 1.165) is 37.3 Å². The van der Waals surface area contributed by atoms with Gasteiger partial charge in [-0.25, -0.2) is 0 Å². The SMILES string of the molecule is Cc1cc(NC(=O)c2ccco2)sc1C(=O)NCC(c1ccco1)N1CCCC1. The molecule has 2 N–H and O–H groups in total. The minimum atomic E-state index is -0.338. The summed E-state index contributed by atoms with van der Waals surface area (Å²) in [6.07, 6.45) is 5.43. The average molecular weight is 413 g/mol. The van der Waals surface area contributed by atoms with Gasteiger partial charge >= 0.3 is 0 Å². The molecule has 0 bridgehead atoms. The zero-order valence-electron chi connectivity index (χ0n) is 16.1. The fraction of sp³-hybridized carbons (Fsp3) is 0.333. The van der Waals surface area contributed by atoms with Crippen molar-refractivity contribution in [1.82, 2.24) is 10.2 Å². The van der Waals surface area contributed by atoms with E-state index in [-0.39, 0.29) is 23.6 Å². The largest absolute Gasteiger partial charge is 0.468 e. The first-order valence-corrected chi connectivity index (χ1v) is 10.4. The van der Waals surface area contributed by atoms with E-state index >= 15 is 0 Å². The number of furan rings is 2. The molecule has 1 aliphatic heterocycles. The lowest BCUT2D eigenvalue weighted by Gasteiger charge is -2.25. The summed E-state index contributed by atoms with van der Waals surface area (Å²) in [6, 6.07) is 8.89. The first-order chi connectivity index (χ1) is 14.1. The van der Waals surface area contributed by atoms with Crippen LogP contribution < -0.4 is 10.6 Å². The van der Waals surface area contributed by atoms with Crippen LogP contribution >= 0.6 is 11.3 Å². The zero-order valence-corrected chi connectivity index (χ0v) is 17.0. The smallest absolute Gasteiger partial charge is 0.291 e. The molecule has 1 unspecified atom stereocenters. The van der Waals surface area contributed by atoms with Crippen molar-refractivity contribution in [2.45, 2.75) is 25.8 Å². The minimum Gasteiger partial charge on any atom is -0.468 e. The fourth-order valence-electron chi connectivity index (χ4n) is 3.56. The van der Waals surface area contributed by atoms with Gasteiger partial charge in [0.1, 0.15) is 5.76 Å². The molecule has 152 valence electrons. The molecular formula is C21H23N3O4S. The highest BCUT2D eigenvalue weighted by atomic mass is 32.1. The summed E-state index contributed by atoms with van der Waals surface area (Å²) in [5, 5.41) is 6.42. The van der Waals surface area contributed by atoms with Gasteiger partial charge in [-0.1, -0.05) is 0 Å². The first-order valence-electron chi connectivity index (χ1n) is 9.63. The van der Waals surface area contributed by atoms with Crippen LogP contribution in [0, 0.1) is 6.92 Å². The molecule has 0 spiro atoms. The van der Waals surface area contributed by atoms with E-state index in [1.54, 1.807) is 24.5 Å². The molecule has 0 aromatic carbocycles. The van der Waals surface area contributed by atoms with Crippen molar-refractivity contribution >= 4 is 28.2 Å². The molecule has 7 nitrogen and oxygen atoms in total. The lowest BCUT2D eigenvalue weighted by atomic mass is 10.2. The first kappa shape index (κ1) is 19.5. The summed E-state index contributed by atoms with van der Waals surface area (Å²) in [5.41, 5.74) is 0.818. The Morgan fingerprint density at radius 1 is 1.14 bits per heavy atom. The van der Waals surface area contributed by atoms with Gasteiger partial charge in [-0.2, -0.15) is 0 Å². The van der Waals surface area contributed by atoms with Crippen molar-refractivity contribution in [3.05, 3.63) is 64.8 Å². The number of rotatable bonds is 7. The van der Waals surface area contributed by atoms with Gasteiger partial charge in [0.2, 0.25) is 0 Å². The minimum absolute atomic E-state index is 0.0230. The quantitative estimate of drug-likeness (QED) is 0.610. The summed E-state index contributed by atoms with van der Waals surface area (Å²) < 4.78 is 10.7. The van der Waals surface area contributed by atoms with Crippen LogP contribution in [0.5, 0.6) is 0 Å². The van der Waals surface area contributed by atoms with Crippen molar-refractivity contribution < 1.29 is 18.4 Å². The van der Waals surface area contributed by atoms with Gasteiger partial charge in [-0.05, 0) is 68.8 Å². The molecule has 1 saturated heterocycles. The lowest BCUT2D eigenvalue weighted by Crippen LogP contribution is -2.36. The van der Waals surface area contributed by atoms with Crippen LogP contribution in [0.3, 0.4) is 0 Å². The van der Waals surface area contributed by atoms with Gasteiger partial charge < -0.3 is 19.5 Å². The van der Waals surface area contributed by atoms with E-state index in [0.29, 0.717) is 16.4 Å². The van der Waals surface area contributed by atoms with Crippen LogP contribution in [0.25, 0.3) is 0 Å². The highest BCUT2D eigenvalue weighted by Crippen LogP contribution is 2.28. The molecule has 1 atom stereocenters. The van der Waals surface area contributed by atoms with Crippen LogP contribution in [0.2, 0.25) is 0 Å². The Kier molecular flexibility index (Phi) is 5.82. The molecule has 8 heteroatoms. The average Bonchev–Trinajstić information content (AvgIpc) is 3.49. The maximum atomic E-state index is 12.8. The van der Waals surface area contributed by atoms with Crippen molar-refractivity contribution in [2.75, 3.05) is 25.0 Å². The Morgan fingerprint density at radius 2 is 1.90 bits per heavy atom. The van der Waals surface area contributed by atoms with E-state index in [1.165, 1.54) is 17.6 Å². The fourth-order valence-corrected chi connectivity index (χ4v) is 4.55. The third-order valence-electron chi connectivity index (χ3n) is 5.01. The molecule has 3 aromatic rings. The number of nitrogens with zero attached hydrogens (tertiary/aromatic N) is 1.